The highest BCUT2D eigenvalue weighted by atomic mass is 32.1. The molecule has 0 radical (unpaired) electrons. The molecule has 0 aliphatic carbocycles. The zero-order chi connectivity index (χ0) is 15.7. The van der Waals surface area contributed by atoms with Crippen molar-refractivity contribution in [2.24, 2.45) is 5.92 Å². The van der Waals surface area contributed by atoms with E-state index in [0.717, 1.165) is 25.7 Å². The third-order valence-corrected chi connectivity index (χ3v) is 5.09. The summed E-state index contributed by atoms with van der Waals surface area (Å²) in [4.78, 5) is 5.03. The molecule has 22 heavy (non-hydrogen) atoms. The van der Waals surface area contributed by atoms with E-state index in [1.807, 2.05) is 0 Å². The van der Waals surface area contributed by atoms with E-state index in [9.17, 15) is 13.2 Å². The first kappa shape index (κ1) is 15.6. The summed E-state index contributed by atoms with van der Waals surface area (Å²) in [6.45, 7) is 4.33. The summed E-state index contributed by atoms with van der Waals surface area (Å²) in [6.07, 6.45) is -1.72. The molecule has 2 aromatic heterocycles. The molecule has 0 saturated carbocycles. The Morgan fingerprint density at radius 1 is 1.45 bits per heavy atom. The Balaban J connectivity index is 1.55. The zero-order valence-electron chi connectivity index (χ0n) is 12.3. The van der Waals surface area contributed by atoms with Crippen LogP contribution in [0.2, 0.25) is 0 Å². The second kappa shape index (κ2) is 6.04. The molecule has 2 aromatic rings. The van der Waals surface area contributed by atoms with Crippen molar-refractivity contribution in [2.75, 3.05) is 6.54 Å². The van der Waals surface area contributed by atoms with Gasteiger partial charge in [0.05, 0.1) is 0 Å². The number of alkyl halides is 3. The van der Waals surface area contributed by atoms with Gasteiger partial charge in [0, 0.05) is 37.1 Å². The second-order valence-corrected chi connectivity index (χ2v) is 6.76. The molecule has 1 unspecified atom stereocenters. The molecule has 1 atom stereocenters. The molecule has 1 N–H and O–H groups in total. The Labute approximate surface area is 131 Å². The van der Waals surface area contributed by atoms with Gasteiger partial charge in [-0.2, -0.15) is 13.2 Å². The lowest BCUT2D eigenvalue weighted by Crippen LogP contribution is -2.29. The van der Waals surface area contributed by atoms with Crippen LogP contribution in [-0.2, 0) is 25.7 Å². The summed E-state index contributed by atoms with van der Waals surface area (Å²) in [5, 5.41) is 5.49. The maximum atomic E-state index is 12.7. The molecule has 7 heteroatoms. The molecular formula is C15H18F3N3S. The van der Waals surface area contributed by atoms with Crippen LogP contribution in [0.25, 0.3) is 0 Å². The average molecular weight is 329 g/mol. The lowest BCUT2D eigenvalue weighted by Gasteiger charge is -2.23. The number of fused-ring (bicyclic) bond motifs is 1. The van der Waals surface area contributed by atoms with Crippen molar-refractivity contribution in [2.45, 2.75) is 39.0 Å². The zero-order valence-corrected chi connectivity index (χ0v) is 13.1. The van der Waals surface area contributed by atoms with E-state index < -0.39 is 11.9 Å². The molecule has 0 spiro atoms. The number of hydrogen-bond donors (Lipinski definition) is 1. The van der Waals surface area contributed by atoms with Gasteiger partial charge in [0.15, 0.2) is 5.69 Å². The van der Waals surface area contributed by atoms with Crippen LogP contribution >= 0.6 is 11.3 Å². The van der Waals surface area contributed by atoms with Crippen molar-refractivity contribution < 1.29 is 13.2 Å². The van der Waals surface area contributed by atoms with Crippen LogP contribution in [-0.4, -0.2) is 16.1 Å². The second-order valence-electron chi connectivity index (χ2n) is 5.75. The van der Waals surface area contributed by atoms with Crippen molar-refractivity contribution in [1.29, 1.82) is 0 Å². The van der Waals surface area contributed by atoms with Gasteiger partial charge in [-0.1, -0.05) is 0 Å². The summed E-state index contributed by atoms with van der Waals surface area (Å²) in [5.41, 5.74) is 0.512. The lowest BCUT2D eigenvalue weighted by atomic mass is 9.99. The van der Waals surface area contributed by atoms with E-state index in [2.05, 4.69) is 28.7 Å². The van der Waals surface area contributed by atoms with Crippen LogP contribution in [0.3, 0.4) is 0 Å². The first-order chi connectivity index (χ1) is 10.4. The highest BCUT2D eigenvalue weighted by molar-refractivity contribution is 7.10. The predicted molar refractivity (Wildman–Crippen MR) is 79.8 cm³/mol. The minimum atomic E-state index is -4.35. The van der Waals surface area contributed by atoms with E-state index in [4.69, 9.17) is 0 Å². The molecule has 0 fully saturated rings. The van der Waals surface area contributed by atoms with E-state index in [0.29, 0.717) is 24.7 Å². The fourth-order valence-corrected chi connectivity index (χ4v) is 3.67. The Morgan fingerprint density at radius 3 is 2.95 bits per heavy atom. The van der Waals surface area contributed by atoms with Crippen LogP contribution in [0.4, 0.5) is 13.2 Å². The number of nitrogens with one attached hydrogen (secondary N) is 1. The molecule has 3 rings (SSSR count). The molecular weight excluding hydrogens is 311 g/mol. The summed E-state index contributed by atoms with van der Waals surface area (Å²) in [6, 6.07) is 2.10. The highest BCUT2D eigenvalue weighted by Crippen LogP contribution is 2.30. The minimum absolute atomic E-state index is 0.350. The topological polar surface area (TPSA) is 29.9 Å². The summed E-state index contributed by atoms with van der Waals surface area (Å²) in [5.74, 6) is 0.903. The maximum Gasteiger partial charge on any atom is 0.434 e. The van der Waals surface area contributed by atoms with Gasteiger partial charge in [-0.15, -0.1) is 11.3 Å². The van der Waals surface area contributed by atoms with E-state index in [1.165, 1.54) is 10.4 Å². The number of aryl methyl sites for hydroxylation is 2. The Hall–Kier alpha value is -1.34. The van der Waals surface area contributed by atoms with Gasteiger partial charge in [0.1, 0.15) is 5.82 Å². The lowest BCUT2D eigenvalue weighted by molar-refractivity contribution is -0.141. The molecule has 0 amide bonds. The third-order valence-electron chi connectivity index (χ3n) is 4.07. The summed E-state index contributed by atoms with van der Waals surface area (Å²) < 4.78 is 39.7. The van der Waals surface area contributed by atoms with Crippen molar-refractivity contribution in [3.8, 4) is 0 Å². The van der Waals surface area contributed by atoms with Crippen molar-refractivity contribution in [3.05, 3.63) is 39.6 Å². The Morgan fingerprint density at radius 2 is 2.27 bits per heavy atom. The number of imidazole rings is 1. The minimum Gasteiger partial charge on any atom is -0.334 e. The molecule has 0 saturated heterocycles. The number of hydrogen-bond acceptors (Lipinski definition) is 3. The fourth-order valence-electron chi connectivity index (χ4n) is 2.79. The fraction of sp³-hybridized carbons (Fsp3) is 0.533. The van der Waals surface area contributed by atoms with Crippen molar-refractivity contribution >= 4 is 11.3 Å². The first-order valence-corrected chi connectivity index (χ1v) is 8.18. The Kier molecular flexibility index (Phi) is 4.27. The van der Waals surface area contributed by atoms with Crippen molar-refractivity contribution in [3.63, 3.8) is 0 Å². The largest absolute Gasteiger partial charge is 0.434 e. The number of thiophene rings is 1. The van der Waals surface area contributed by atoms with Gasteiger partial charge in [-0.05, 0) is 36.3 Å². The van der Waals surface area contributed by atoms with E-state index in [-0.39, 0.29) is 0 Å². The van der Waals surface area contributed by atoms with Crippen LogP contribution < -0.4 is 5.32 Å². The van der Waals surface area contributed by atoms with Gasteiger partial charge in [0.2, 0.25) is 0 Å². The first-order valence-electron chi connectivity index (χ1n) is 7.30. The number of rotatable bonds is 4. The molecule has 3 heterocycles. The van der Waals surface area contributed by atoms with Gasteiger partial charge in [0.25, 0.3) is 0 Å². The number of aromatic nitrogens is 2. The monoisotopic (exact) mass is 329 g/mol. The normalized spacial score (nSPS) is 18.5. The number of nitrogens with zero attached hydrogens (tertiary/aromatic N) is 2. The van der Waals surface area contributed by atoms with Gasteiger partial charge < -0.3 is 9.88 Å². The van der Waals surface area contributed by atoms with Crippen molar-refractivity contribution in [1.82, 2.24) is 14.9 Å². The maximum absolute atomic E-state index is 12.7. The third kappa shape index (κ3) is 3.35. The van der Waals surface area contributed by atoms with Gasteiger partial charge >= 0.3 is 6.18 Å². The quantitative estimate of drug-likeness (QED) is 0.928. The predicted octanol–water partition coefficient (Wildman–Crippen LogP) is 3.62. The molecule has 1 aliphatic rings. The Bertz CT molecular complexity index is 645. The van der Waals surface area contributed by atoms with Crippen LogP contribution in [0, 0.1) is 12.8 Å². The average Bonchev–Trinajstić information content (AvgIpc) is 3.04. The molecule has 3 nitrogen and oxygen atoms in total. The summed E-state index contributed by atoms with van der Waals surface area (Å²) in [7, 11) is 0. The van der Waals surface area contributed by atoms with Crippen LogP contribution in [0.15, 0.2) is 17.6 Å². The molecule has 120 valence electrons. The van der Waals surface area contributed by atoms with E-state index >= 15 is 0 Å². The SMILES string of the molecule is Cc1ccsc1CNCC1CCc2nc(C(F)(F)F)cn2C1. The van der Waals surface area contributed by atoms with Crippen LogP contribution in [0.5, 0.6) is 0 Å². The standard InChI is InChI=1S/C15H18F3N3S/c1-10-4-5-22-12(10)7-19-6-11-2-3-14-20-13(15(16,17)18)9-21(14)8-11/h4-5,9,11,19H,2-3,6-8H2,1H3. The van der Waals surface area contributed by atoms with Gasteiger partial charge in [-0.3, -0.25) is 0 Å². The molecule has 1 aliphatic heterocycles. The number of halogens is 3. The smallest absolute Gasteiger partial charge is 0.334 e. The highest BCUT2D eigenvalue weighted by Gasteiger charge is 2.35. The summed E-state index contributed by atoms with van der Waals surface area (Å²) >= 11 is 1.73. The van der Waals surface area contributed by atoms with Gasteiger partial charge in [-0.25, -0.2) is 4.98 Å². The van der Waals surface area contributed by atoms with Crippen LogP contribution in [0.1, 0.15) is 28.4 Å². The molecule has 0 bridgehead atoms. The van der Waals surface area contributed by atoms with E-state index in [1.54, 1.807) is 15.9 Å². The molecule has 0 aromatic carbocycles.